The second-order valence-corrected chi connectivity index (χ2v) is 3.88. The van der Waals surface area contributed by atoms with Crippen molar-refractivity contribution in [3.05, 3.63) is 42.2 Å². The van der Waals surface area contributed by atoms with E-state index in [4.69, 9.17) is 4.74 Å². The molecule has 0 aliphatic heterocycles. The second kappa shape index (κ2) is 6.36. The number of aromatic nitrogens is 1. The Morgan fingerprint density at radius 1 is 1.15 bits per heavy atom. The molecule has 0 spiro atoms. The van der Waals surface area contributed by atoms with Crippen LogP contribution in [-0.2, 0) is 11.8 Å². The molecule has 0 saturated carbocycles. The quantitative estimate of drug-likeness (QED) is 0.350. The van der Waals surface area contributed by atoms with Gasteiger partial charge in [-0.25, -0.2) is 4.79 Å². The Balaban J connectivity index is 0.000000347. The second-order valence-electron chi connectivity index (χ2n) is 3.88. The summed E-state index contributed by atoms with van der Waals surface area (Å²) in [6, 6.07) is 9.74. The highest BCUT2D eigenvalue weighted by molar-refractivity contribution is 6.50. The van der Waals surface area contributed by atoms with Crippen molar-refractivity contribution < 1.29 is 31.4 Å². The van der Waals surface area contributed by atoms with Crippen LogP contribution in [0.1, 0.15) is 10.5 Å². The van der Waals surface area contributed by atoms with Crippen LogP contribution in [0.25, 0.3) is 10.8 Å². The van der Waals surface area contributed by atoms with Gasteiger partial charge in [-0.3, -0.25) is 0 Å². The van der Waals surface area contributed by atoms with E-state index in [1.165, 1.54) is 7.11 Å². The molecule has 0 N–H and O–H groups in total. The fourth-order valence-electron chi connectivity index (χ4n) is 1.59. The molecule has 0 bridgehead atoms. The highest BCUT2D eigenvalue weighted by Crippen LogP contribution is 2.12. The molecule has 0 aliphatic carbocycles. The van der Waals surface area contributed by atoms with Crippen molar-refractivity contribution in [3.8, 4) is 0 Å². The SMILES string of the molecule is COC(=O)c1cc2ccccc2c[n+]1C.F[B-](F)(F)F. The predicted molar refractivity (Wildman–Crippen MR) is 66.6 cm³/mol. The van der Waals surface area contributed by atoms with Gasteiger partial charge in [-0.2, -0.15) is 4.57 Å². The average molecular weight is 289 g/mol. The maximum absolute atomic E-state index is 11.4. The molecule has 1 aromatic carbocycles. The predicted octanol–water partition coefficient (Wildman–Crippen LogP) is 2.75. The summed E-state index contributed by atoms with van der Waals surface area (Å²) in [5.41, 5.74) is 0.552. The summed E-state index contributed by atoms with van der Waals surface area (Å²) in [6.07, 6.45) is 1.92. The van der Waals surface area contributed by atoms with Gasteiger partial charge in [0, 0.05) is 11.5 Å². The molecule has 2 rings (SSSR count). The van der Waals surface area contributed by atoms with Gasteiger partial charge in [0.25, 0.3) is 5.69 Å². The number of benzene rings is 1. The van der Waals surface area contributed by atoms with Gasteiger partial charge >= 0.3 is 13.2 Å². The van der Waals surface area contributed by atoms with Crippen molar-refractivity contribution in [2.24, 2.45) is 7.05 Å². The smallest absolute Gasteiger partial charge is 0.461 e. The standard InChI is InChI=1S/C12H12NO2.BF4/c1-13-8-10-6-4-3-5-9(10)7-11(13)12(14)15-2;2-1(3,4)5/h3-8H,1-2H3;/q+1;-1. The first-order valence-electron chi connectivity index (χ1n) is 5.56. The first kappa shape index (κ1) is 15.9. The topological polar surface area (TPSA) is 30.2 Å². The van der Waals surface area contributed by atoms with Crippen LogP contribution in [0.4, 0.5) is 17.3 Å². The molecule has 8 heteroatoms. The average Bonchev–Trinajstić information content (AvgIpc) is 2.35. The molecular formula is C12H12BF4NO2. The zero-order valence-corrected chi connectivity index (χ0v) is 10.8. The summed E-state index contributed by atoms with van der Waals surface area (Å²) in [4.78, 5) is 11.4. The van der Waals surface area contributed by atoms with E-state index in [1.54, 1.807) is 4.57 Å². The molecule has 0 aliphatic rings. The van der Waals surface area contributed by atoms with Crippen LogP contribution in [0.3, 0.4) is 0 Å². The molecule has 3 nitrogen and oxygen atoms in total. The number of esters is 1. The molecule has 1 heterocycles. The maximum atomic E-state index is 11.4. The van der Waals surface area contributed by atoms with E-state index in [2.05, 4.69) is 0 Å². The van der Waals surface area contributed by atoms with Gasteiger partial charge in [0.05, 0.1) is 7.11 Å². The maximum Gasteiger partial charge on any atom is 0.673 e. The lowest BCUT2D eigenvalue weighted by Crippen LogP contribution is -2.36. The van der Waals surface area contributed by atoms with Crippen molar-refractivity contribution in [2.45, 2.75) is 0 Å². The van der Waals surface area contributed by atoms with Crippen molar-refractivity contribution in [3.63, 3.8) is 0 Å². The summed E-state index contributed by atoms with van der Waals surface area (Å²) < 4.78 is 45.5. The van der Waals surface area contributed by atoms with E-state index in [9.17, 15) is 22.1 Å². The lowest BCUT2D eigenvalue weighted by atomic mass is 10.1. The number of ether oxygens (including phenoxy) is 1. The normalized spacial score (nSPS) is 10.7. The Hall–Kier alpha value is -2.12. The summed E-state index contributed by atoms with van der Waals surface area (Å²) >= 11 is 0. The lowest BCUT2D eigenvalue weighted by Gasteiger charge is -2.00. The van der Waals surface area contributed by atoms with Crippen LogP contribution in [0, 0.1) is 0 Å². The van der Waals surface area contributed by atoms with Gasteiger partial charge in [-0.15, -0.1) is 0 Å². The number of pyridine rings is 1. The van der Waals surface area contributed by atoms with Crippen LogP contribution >= 0.6 is 0 Å². The van der Waals surface area contributed by atoms with Crippen LogP contribution < -0.4 is 4.57 Å². The van der Waals surface area contributed by atoms with Gasteiger partial charge in [-0.05, 0) is 11.5 Å². The molecule has 108 valence electrons. The minimum atomic E-state index is -6.00. The summed E-state index contributed by atoms with van der Waals surface area (Å²) in [5.74, 6) is -0.316. The van der Waals surface area contributed by atoms with Gasteiger partial charge in [0.2, 0.25) is 0 Å². The minimum absolute atomic E-state index is 0.316. The number of aryl methyl sites for hydroxylation is 1. The van der Waals surface area contributed by atoms with Gasteiger partial charge < -0.3 is 22.0 Å². The van der Waals surface area contributed by atoms with Gasteiger partial charge in [0.15, 0.2) is 6.20 Å². The van der Waals surface area contributed by atoms with Gasteiger partial charge in [-0.1, -0.05) is 18.2 Å². The van der Waals surface area contributed by atoms with E-state index in [-0.39, 0.29) is 5.97 Å². The largest absolute Gasteiger partial charge is 0.673 e. The van der Waals surface area contributed by atoms with Crippen molar-refractivity contribution in [1.29, 1.82) is 0 Å². The molecule has 0 fully saturated rings. The molecule has 0 radical (unpaired) electrons. The van der Waals surface area contributed by atoms with Gasteiger partial charge in [0.1, 0.15) is 7.05 Å². The van der Waals surface area contributed by atoms with Crippen molar-refractivity contribution in [1.82, 2.24) is 0 Å². The Kier molecular flexibility index (Phi) is 5.07. The Bertz CT molecular complexity index is 610. The summed E-state index contributed by atoms with van der Waals surface area (Å²) in [7, 11) is -2.78. The molecule has 0 atom stereocenters. The van der Waals surface area contributed by atoms with E-state index in [0.717, 1.165) is 10.8 Å². The number of halogens is 4. The molecular weight excluding hydrogens is 277 g/mol. The van der Waals surface area contributed by atoms with Crippen molar-refractivity contribution >= 4 is 24.0 Å². The number of rotatable bonds is 1. The first-order chi connectivity index (χ1) is 9.22. The third kappa shape index (κ3) is 4.87. The Morgan fingerprint density at radius 3 is 2.15 bits per heavy atom. The zero-order chi connectivity index (χ0) is 15.3. The first-order valence-corrected chi connectivity index (χ1v) is 5.56. The number of hydrogen-bond acceptors (Lipinski definition) is 2. The highest BCUT2D eigenvalue weighted by atomic mass is 19.5. The van der Waals surface area contributed by atoms with E-state index in [1.807, 2.05) is 43.6 Å². The monoisotopic (exact) mass is 289 g/mol. The third-order valence-electron chi connectivity index (χ3n) is 2.40. The number of nitrogens with zero attached hydrogens (tertiary/aromatic N) is 1. The number of carbonyl (C=O) groups is 1. The molecule has 2 aromatic rings. The van der Waals surface area contributed by atoms with E-state index in [0.29, 0.717) is 5.69 Å². The fraction of sp³-hybridized carbons (Fsp3) is 0.167. The van der Waals surface area contributed by atoms with Crippen LogP contribution in [0.15, 0.2) is 36.5 Å². The molecule has 1 aromatic heterocycles. The van der Waals surface area contributed by atoms with Crippen LogP contribution in [-0.4, -0.2) is 20.3 Å². The fourth-order valence-corrected chi connectivity index (χ4v) is 1.59. The summed E-state index contributed by atoms with van der Waals surface area (Å²) in [5, 5.41) is 2.14. The van der Waals surface area contributed by atoms with E-state index >= 15 is 0 Å². The van der Waals surface area contributed by atoms with Crippen molar-refractivity contribution in [2.75, 3.05) is 7.11 Å². The zero-order valence-electron chi connectivity index (χ0n) is 10.8. The minimum Gasteiger partial charge on any atom is -0.461 e. The Labute approximate surface area is 112 Å². The highest BCUT2D eigenvalue weighted by Gasteiger charge is 2.20. The van der Waals surface area contributed by atoms with Crippen LogP contribution in [0.5, 0.6) is 0 Å². The van der Waals surface area contributed by atoms with E-state index < -0.39 is 7.25 Å². The summed E-state index contributed by atoms with van der Waals surface area (Å²) in [6.45, 7) is 0. The molecule has 0 amide bonds. The molecule has 0 saturated heterocycles. The number of hydrogen-bond donors (Lipinski definition) is 0. The molecule has 0 unspecified atom stereocenters. The number of fused-ring (bicyclic) bond motifs is 1. The molecule has 20 heavy (non-hydrogen) atoms. The number of carbonyl (C=O) groups excluding carboxylic acids is 1. The third-order valence-corrected chi connectivity index (χ3v) is 2.40. The van der Waals surface area contributed by atoms with Crippen LogP contribution in [0.2, 0.25) is 0 Å². The lowest BCUT2D eigenvalue weighted by molar-refractivity contribution is -0.672. The number of methoxy groups -OCH3 is 1. The Morgan fingerprint density at radius 2 is 1.65 bits per heavy atom.